The zero-order valence-corrected chi connectivity index (χ0v) is 15.3. The lowest BCUT2D eigenvalue weighted by atomic mass is 10.1. The number of ether oxygens (including phenoxy) is 2. The van der Waals surface area contributed by atoms with E-state index in [2.05, 4.69) is 4.74 Å². The SMILES string of the molecule is CCOC(=O)[C@H]1O[C@@H]1C(=O)N[C@@H](CC(F)(F)F)C(=O)N(C)CCC(C)C. The molecule has 7 nitrogen and oxygen atoms in total. The maximum Gasteiger partial charge on any atom is 0.391 e. The van der Waals surface area contributed by atoms with E-state index in [1.54, 1.807) is 6.92 Å². The molecule has 0 aromatic carbocycles. The van der Waals surface area contributed by atoms with Crippen LogP contribution in [0.1, 0.15) is 33.6 Å². The minimum atomic E-state index is -4.64. The summed E-state index contributed by atoms with van der Waals surface area (Å²) in [6, 6.07) is -1.77. The van der Waals surface area contributed by atoms with E-state index in [0.717, 1.165) is 4.90 Å². The Morgan fingerprint density at radius 2 is 1.85 bits per heavy atom. The van der Waals surface area contributed by atoms with Crippen LogP contribution in [0.2, 0.25) is 0 Å². The average molecular weight is 382 g/mol. The predicted molar refractivity (Wildman–Crippen MR) is 85.0 cm³/mol. The van der Waals surface area contributed by atoms with Gasteiger partial charge in [-0.1, -0.05) is 13.8 Å². The lowest BCUT2D eigenvalue weighted by molar-refractivity contribution is -0.155. The summed E-state index contributed by atoms with van der Waals surface area (Å²) < 4.78 is 47.9. The van der Waals surface area contributed by atoms with E-state index >= 15 is 0 Å². The highest BCUT2D eigenvalue weighted by molar-refractivity contribution is 5.95. The van der Waals surface area contributed by atoms with Gasteiger partial charge in [0.2, 0.25) is 5.91 Å². The summed E-state index contributed by atoms with van der Waals surface area (Å²) in [6.07, 6.45) is -7.91. The first-order valence-electron chi connectivity index (χ1n) is 8.40. The number of carbonyl (C=O) groups is 3. The van der Waals surface area contributed by atoms with Crippen molar-refractivity contribution >= 4 is 17.8 Å². The number of likely N-dealkylation sites (N-methyl/N-ethyl adjacent to an activating group) is 1. The van der Waals surface area contributed by atoms with Gasteiger partial charge < -0.3 is 19.7 Å². The number of nitrogens with zero attached hydrogens (tertiary/aromatic N) is 1. The molecular formula is C16H25F3N2O5. The number of alkyl halides is 3. The highest BCUT2D eigenvalue weighted by Gasteiger charge is 2.52. The van der Waals surface area contributed by atoms with Crippen molar-refractivity contribution in [3.63, 3.8) is 0 Å². The summed E-state index contributed by atoms with van der Waals surface area (Å²) in [5.41, 5.74) is 0. The van der Waals surface area contributed by atoms with Crippen molar-refractivity contribution in [3.8, 4) is 0 Å². The van der Waals surface area contributed by atoms with E-state index in [4.69, 9.17) is 4.74 Å². The van der Waals surface area contributed by atoms with Crippen LogP contribution in [0.3, 0.4) is 0 Å². The molecule has 0 radical (unpaired) electrons. The van der Waals surface area contributed by atoms with Gasteiger partial charge in [-0.05, 0) is 19.3 Å². The van der Waals surface area contributed by atoms with Crippen LogP contribution in [0, 0.1) is 5.92 Å². The molecule has 10 heteroatoms. The highest BCUT2D eigenvalue weighted by Crippen LogP contribution is 2.26. The highest BCUT2D eigenvalue weighted by atomic mass is 19.4. The number of halogens is 3. The van der Waals surface area contributed by atoms with Gasteiger partial charge in [-0.25, -0.2) is 4.79 Å². The Kier molecular flexibility index (Phi) is 7.86. The van der Waals surface area contributed by atoms with Gasteiger partial charge in [0.1, 0.15) is 6.04 Å². The van der Waals surface area contributed by atoms with Gasteiger partial charge in [0.15, 0.2) is 12.2 Å². The third-order valence-corrected chi connectivity index (χ3v) is 3.74. The van der Waals surface area contributed by atoms with Crippen LogP contribution in [0.25, 0.3) is 0 Å². The van der Waals surface area contributed by atoms with Crippen LogP contribution in [0.5, 0.6) is 0 Å². The largest absolute Gasteiger partial charge is 0.464 e. The monoisotopic (exact) mass is 382 g/mol. The van der Waals surface area contributed by atoms with Crippen LogP contribution in [-0.4, -0.2) is 67.3 Å². The second-order valence-electron chi connectivity index (χ2n) is 6.55. The second kappa shape index (κ2) is 9.20. The van der Waals surface area contributed by atoms with E-state index < -0.39 is 48.6 Å². The third-order valence-electron chi connectivity index (χ3n) is 3.74. The molecule has 1 heterocycles. The summed E-state index contributed by atoms with van der Waals surface area (Å²) in [5.74, 6) is -2.28. The first-order valence-corrected chi connectivity index (χ1v) is 8.40. The molecule has 0 aliphatic carbocycles. The van der Waals surface area contributed by atoms with Gasteiger partial charge in [-0.2, -0.15) is 13.2 Å². The van der Waals surface area contributed by atoms with Crippen LogP contribution in [-0.2, 0) is 23.9 Å². The minimum Gasteiger partial charge on any atom is -0.464 e. The molecule has 0 aromatic rings. The second-order valence-corrected chi connectivity index (χ2v) is 6.55. The van der Waals surface area contributed by atoms with Crippen LogP contribution < -0.4 is 5.32 Å². The maximum absolute atomic E-state index is 12.8. The Bertz CT molecular complexity index is 525. The molecule has 1 N–H and O–H groups in total. The molecule has 0 aromatic heterocycles. The van der Waals surface area contributed by atoms with Crippen LogP contribution >= 0.6 is 0 Å². The summed E-state index contributed by atoms with van der Waals surface area (Å²) in [5, 5.41) is 2.05. The van der Waals surface area contributed by atoms with Gasteiger partial charge in [0.05, 0.1) is 13.0 Å². The van der Waals surface area contributed by atoms with Crippen molar-refractivity contribution in [2.75, 3.05) is 20.2 Å². The normalized spacial score (nSPS) is 20.5. The molecule has 2 amide bonds. The molecule has 3 atom stereocenters. The number of epoxide rings is 1. The maximum atomic E-state index is 12.8. The standard InChI is InChI=1S/C16H25F3N2O5/c1-5-25-15(24)12-11(26-12)13(22)20-10(8-16(17,18)19)14(23)21(4)7-6-9(2)3/h9-12H,5-8H2,1-4H3,(H,20,22)/t10-,11-,12-/m0/s1. The number of carbonyl (C=O) groups excluding carboxylic acids is 3. The molecular weight excluding hydrogens is 357 g/mol. The number of hydrogen-bond acceptors (Lipinski definition) is 5. The molecule has 0 saturated carbocycles. The van der Waals surface area contributed by atoms with Crippen molar-refractivity contribution in [2.24, 2.45) is 5.92 Å². The summed E-state index contributed by atoms with van der Waals surface area (Å²) in [4.78, 5) is 36.9. The molecule has 0 bridgehead atoms. The molecule has 1 saturated heterocycles. The molecule has 0 unspecified atom stereocenters. The van der Waals surface area contributed by atoms with E-state index in [1.807, 2.05) is 19.2 Å². The number of nitrogens with one attached hydrogen (secondary N) is 1. The lowest BCUT2D eigenvalue weighted by Gasteiger charge is -2.25. The van der Waals surface area contributed by atoms with Crippen molar-refractivity contribution in [1.29, 1.82) is 0 Å². The average Bonchev–Trinajstić information content (AvgIpc) is 3.30. The molecule has 26 heavy (non-hydrogen) atoms. The Labute approximate surface area is 150 Å². The van der Waals surface area contributed by atoms with Crippen molar-refractivity contribution in [3.05, 3.63) is 0 Å². The predicted octanol–water partition coefficient (Wildman–Crippen LogP) is 1.26. The Balaban J connectivity index is 2.70. The Hall–Kier alpha value is -1.84. The number of hydrogen-bond donors (Lipinski definition) is 1. The summed E-state index contributed by atoms with van der Waals surface area (Å²) >= 11 is 0. The van der Waals surface area contributed by atoms with E-state index in [0.29, 0.717) is 6.42 Å². The molecule has 150 valence electrons. The van der Waals surface area contributed by atoms with Gasteiger partial charge >= 0.3 is 12.1 Å². The molecule has 1 fully saturated rings. The minimum absolute atomic E-state index is 0.0862. The molecule has 1 aliphatic heterocycles. The summed E-state index contributed by atoms with van der Waals surface area (Å²) in [6.45, 7) is 5.77. The van der Waals surface area contributed by atoms with E-state index in [9.17, 15) is 27.6 Å². The van der Waals surface area contributed by atoms with Crippen LogP contribution in [0.15, 0.2) is 0 Å². The zero-order valence-electron chi connectivity index (χ0n) is 15.3. The smallest absolute Gasteiger partial charge is 0.391 e. The van der Waals surface area contributed by atoms with Crippen molar-refractivity contribution in [1.82, 2.24) is 10.2 Å². The van der Waals surface area contributed by atoms with Crippen molar-refractivity contribution < 1.29 is 37.0 Å². The van der Waals surface area contributed by atoms with Gasteiger partial charge in [0.25, 0.3) is 5.91 Å². The molecule has 1 rings (SSSR count). The van der Waals surface area contributed by atoms with Gasteiger partial charge in [-0.3, -0.25) is 9.59 Å². The lowest BCUT2D eigenvalue weighted by Crippen LogP contribution is -2.51. The number of amides is 2. The molecule has 1 aliphatic rings. The Morgan fingerprint density at radius 1 is 1.23 bits per heavy atom. The van der Waals surface area contributed by atoms with E-state index in [-0.39, 0.29) is 19.1 Å². The van der Waals surface area contributed by atoms with Crippen LogP contribution in [0.4, 0.5) is 13.2 Å². The van der Waals surface area contributed by atoms with E-state index in [1.165, 1.54) is 7.05 Å². The third kappa shape index (κ3) is 7.19. The Morgan fingerprint density at radius 3 is 2.35 bits per heavy atom. The fraction of sp³-hybridized carbons (Fsp3) is 0.812. The first kappa shape index (κ1) is 22.2. The van der Waals surface area contributed by atoms with Gasteiger partial charge in [0, 0.05) is 13.6 Å². The first-order chi connectivity index (χ1) is 12.0. The molecule has 0 spiro atoms. The number of esters is 1. The summed E-state index contributed by atoms with van der Waals surface area (Å²) in [7, 11) is 1.38. The topological polar surface area (TPSA) is 88.2 Å². The fourth-order valence-electron chi connectivity index (χ4n) is 2.23. The number of rotatable bonds is 9. The quantitative estimate of drug-likeness (QED) is 0.479. The zero-order chi connectivity index (χ0) is 20.1. The van der Waals surface area contributed by atoms with Gasteiger partial charge in [-0.15, -0.1) is 0 Å². The fourth-order valence-corrected chi connectivity index (χ4v) is 2.23. The van der Waals surface area contributed by atoms with Crippen molar-refractivity contribution in [2.45, 2.75) is 58.0 Å².